The van der Waals surface area contributed by atoms with Crippen LogP contribution in [0.5, 0.6) is 0 Å². The third kappa shape index (κ3) is 1.84. The monoisotopic (exact) mass is 240 g/mol. The van der Waals surface area contributed by atoms with Gasteiger partial charge in [0.25, 0.3) is 0 Å². The molecule has 0 aliphatic heterocycles. The van der Waals surface area contributed by atoms with Crippen LogP contribution in [0.1, 0.15) is 25.2 Å². The lowest BCUT2D eigenvalue weighted by atomic mass is 10.0. The SMILES string of the molecule is CCc1c(-c2ccccc2N)c(C#N)nn1CC. The number of nitrogens with two attached hydrogens (primary N) is 1. The summed E-state index contributed by atoms with van der Waals surface area (Å²) in [5.41, 5.74) is 9.97. The number of nitrogen functional groups attached to an aromatic ring is 1. The second-order valence-corrected chi connectivity index (χ2v) is 4.04. The van der Waals surface area contributed by atoms with Crippen molar-refractivity contribution in [1.82, 2.24) is 9.78 Å². The number of anilines is 1. The van der Waals surface area contributed by atoms with Gasteiger partial charge in [-0.25, -0.2) is 0 Å². The van der Waals surface area contributed by atoms with Crippen LogP contribution in [0.4, 0.5) is 5.69 Å². The Bertz CT molecular complexity index is 605. The molecule has 0 saturated heterocycles. The molecule has 18 heavy (non-hydrogen) atoms. The van der Waals surface area contributed by atoms with Gasteiger partial charge in [-0.2, -0.15) is 10.4 Å². The maximum Gasteiger partial charge on any atom is 0.170 e. The van der Waals surface area contributed by atoms with E-state index < -0.39 is 0 Å². The van der Waals surface area contributed by atoms with Crippen molar-refractivity contribution < 1.29 is 0 Å². The summed E-state index contributed by atoms with van der Waals surface area (Å²) >= 11 is 0. The summed E-state index contributed by atoms with van der Waals surface area (Å²) in [6, 6.07) is 9.76. The Labute approximate surface area is 107 Å². The fourth-order valence-corrected chi connectivity index (χ4v) is 2.20. The highest BCUT2D eigenvalue weighted by molar-refractivity contribution is 5.81. The van der Waals surface area contributed by atoms with Gasteiger partial charge in [0.05, 0.1) is 0 Å². The summed E-state index contributed by atoms with van der Waals surface area (Å²) in [7, 11) is 0. The number of aromatic nitrogens is 2. The molecule has 0 bridgehead atoms. The first-order valence-electron chi connectivity index (χ1n) is 6.07. The zero-order valence-electron chi connectivity index (χ0n) is 10.6. The molecule has 0 fully saturated rings. The van der Waals surface area contributed by atoms with Crippen LogP contribution in [-0.2, 0) is 13.0 Å². The normalized spacial score (nSPS) is 10.3. The van der Waals surface area contributed by atoms with Gasteiger partial charge in [-0.1, -0.05) is 25.1 Å². The second kappa shape index (κ2) is 4.92. The van der Waals surface area contributed by atoms with Crippen LogP contribution in [0.3, 0.4) is 0 Å². The van der Waals surface area contributed by atoms with Crippen LogP contribution in [0.25, 0.3) is 11.1 Å². The summed E-state index contributed by atoms with van der Waals surface area (Å²) in [4.78, 5) is 0. The summed E-state index contributed by atoms with van der Waals surface area (Å²) in [5.74, 6) is 0. The molecule has 0 amide bonds. The number of hydrogen-bond acceptors (Lipinski definition) is 3. The molecule has 2 N–H and O–H groups in total. The van der Waals surface area contributed by atoms with E-state index in [4.69, 9.17) is 5.73 Å². The molecular weight excluding hydrogens is 224 g/mol. The van der Waals surface area contributed by atoms with Gasteiger partial charge < -0.3 is 5.73 Å². The fraction of sp³-hybridized carbons (Fsp3) is 0.286. The Kier molecular flexibility index (Phi) is 3.33. The first-order chi connectivity index (χ1) is 8.72. The van der Waals surface area contributed by atoms with Crippen molar-refractivity contribution in [3.8, 4) is 17.2 Å². The topological polar surface area (TPSA) is 67.6 Å². The number of nitriles is 1. The summed E-state index contributed by atoms with van der Waals surface area (Å²) in [6.45, 7) is 4.84. The van der Waals surface area contributed by atoms with Crippen molar-refractivity contribution in [1.29, 1.82) is 5.26 Å². The molecule has 0 spiro atoms. The molecule has 0 atom stereocenters. The van der Waals surface area contributed by atoms with E-state index in [9.17, 15) is 5.26 Å². The van der Waals surface area contributed by atoms with Crippen LogP contribution in [0.15, 0.2) is 24.3 Å². The van der Waals surface area contributed by atoms with E-state index in [1.54, 1.807) is 0 Å². The molecule has 0 saturated carbocycles. The zero-order valence-corrected chi connectivity index (χ0v) is 10.6. The van der Waals surface area contributed by atoms with E-state index in [-0.39, 0.29) is 0 Å². The van der Waals surface area contributed by atoms with Crippen molar-refractivity contribution in [3.63, 3.8) is 0 Å². The van der Waals surface area contributed by atoms with Crippen LogP contribution < -0.4 is 5.73 Å². The van der Waals surface area contributed by atoms with Crippen LogP contribution in [0, 0.1) is 11.3 Å². The van der Waals surface area contributed by atoms with Gasteiger partial charge in [0.15, 0.2) is 5.69 Å². The lowest BCUT2D eigenvalue weighted by Crippen LogP contribution is -2.02. The third-order valence-electron chi connectivity index (χ3n) is 3.03. The van der Waals surface area contributed by atoms with Gasteiger partial charge in [0.1, 0.15) is 6.07 Å². The highest BCUT2D eigenvalue weighted by atomic mass is 15.3. The molecule has 92 valence electrons. The van der Waals surface area contributed by atoms with Crippen molar-refractivity contribution in [2.45, 2.75) is 26.8 Å². The number of hydrogen-bond donors (Lipinski definition) is 1. The molecule has 0 unspecified atom stereocenters. The van der Waals surface area contributed by atoms with Crippen molar-refractivity contribution in [3.05, 3.63) is 35.7 Å². The van der Waals surface area contributed by atoms with Crippen LogP contribution >= 0.6 is 0 Å². The van der Waals surface area contributed by atoms with Crippen molar-refractivity contribution in [2.24, 2.45) is 0 Å². The quantitative estimate of drug-likeness (QED) is 0.838. The van der Waals surface area contributed by atoms with Gasteiger partial charge >= 0.3 is 0 Å². The van der Waals surface area contributed by atoms with Gasteiger partial charge in [-0.05, 0) is 19.4 Å². The Hall–Kier alpha value is -2.28. The van der Waals surface area contributed by atoms with E-state index in [1.807, 2.05) is 35.9 Å². The Morgan fingerprint density at radius 2 is 2.06 bits per heavy atom. The summed E-state index contributed by atoms with van der Waals surface area (Å²) in [5, 5.41) is 13.6. The van der Waals surface area contributed by atoms with Crippen LogP contribution in [0.2, 0.25) is 0 Å². The van der Waals surface area contributed by atoms with Crippen molar-refractivity contribution >= 4 is 5.69 Å². The molecule has 2 aromatic rings. The fourth-order valence-electron chi connectivity index (χ4n) is 2.20. The minimum atomic E-state index is 0.451. The Balaban J connectivity index is 2.74. The average Bonchev–Trinajstić information content (AvgIpc) is 2.76. The Morgan fingerprint density at radius 3 is 2.61 bits per heavy atom. The summed E-state index contributed by atoms with van der Waals surface area (Å²) in [6.07, 6.45) is 0.826. The largest absolute Gasteiger partial charge is 0.398 e. The van der Waals surface area contributed by atoms with E-state index in [1.165, 1.54) is 0 Å². The highest BCUT2D eigenvalue weighted by Crippen LogP contribution is 2.32. The molecule has 1 heterocycles. The van der Waals surface area contributed by atoms with Crippen molar-refractivity contribution in [2.75, 3.05) is 5.73 Å². The second-order valence-electron chi connectivity index (χ2n) is 4.04. The predicted octanol–water partition coefficient (Wildman–Crippen LogP) is 2.59. The first kappa shape index (κ1) is 12.2. The average molecular weight is 240 g/mol. The number of aryl methyl sites for hydroxylation is 1. The lowest BCUT2D eigenvalue weighted by molar-refractivity contribution is 0.624. The molecule has 1 aromatic carbocycles. The number of rotatable bonds is 3. The molecule has 2 rings (SSSR count). The maximum atomic E-state index is 9.23. The molecule has 0 aliphatic rings. The Morgan fingerprint density at radius 1 is 1.33 bits per heavy atom. The standard InChI is InChI=1S/C14H16N4/c1-3-13-14(10-7-5-6-8-11(10)16)12(9-15)17-18(13)4-2/h5-8H,3-4,16H2,1-2H3. The predicted molar refractivity (Wildman–Crippen MR) is 71.8 cm³/mol. The molecule has 4 nitrogen and oxygen atoms in total. The van der Waals surface area contributed by atoms with E-state index in [0.717, 1.165) is 29.8 Å². The van der Waals surface area contributed by atoms with Gasteiger partial charge in [0.2, 0.25) is 0 Å². The number of para-hydroxylation sites is 1. The summed E-state index contributed by atoms with van der Waals surface area (Å²) < 4.78 is 1.88. The molecule has 0 aliphatic carbocycles. The smallest absolute Gasteiger partial charge is 0.170 e. The minimum absolute atomic E-state index is 0.451. The van der Waals surface area contributed by atoms with Gasteiger partial charge in [0, 0.05) is 29.1 Å². The van der Waals surface area contributed by atoms with Crippen LogP contribution in [-0.4, -0.2) is 9.78 Å². The molecule has 1 aromatic heterocycles. The third-order valence-corrected chi connectivity index (χ3v) is 3.03. The minimum Gasteiger partial charge on any atom is -0.398 e. The molecular formula is C14H16N4. The maximum absolute atomic E-state index is 9.23. The first-order valence-corrected chi connectivity index (χ1v) is 6.07. The molecule has 4 heteroatoms. The lowest BCUT2D eigenvalue weighted by Gasteiger charge is -2.07. The zero-order chi connectivity index (χ0) is 13.1. The molecule has 0 radical (unpaired) electrons. The van der Waals surface area contributed by atoms with E-state index >= 15 is 0 Å². The van der Waals surface area contributed by atoms with E-state index in [2.05, 4.69) is 18.1 Å². The number of nitrogens with zero attached hydrogens (tertiary/aromatic N) is 3. The number of benzene rings is 1. The van der Waals surface area contributed by atoms with Gasteiger partial charge in [-0.3, -0.25) is 4.68 Å². The van der Waals surface area contributed by atoms with E-state index in [0.29, 0.717) is 11.4 Å². The highest BCUT2D eigenvalue weighted by Gasteiger charge is 2.18. The van der Waals surface area contributed by atoms with Gasteiger partial charge in [-0.15, -0.1) is 0 Å².